The molecule has 1 N–H and O–H groups in total. The van der Waals surface area contributed by atoms with Crippen molar-refractivity contribution >= 4 is 0 Å². The molecule has 0 heterocycles. The van der Waals surface area contributed by atoms with E-state index in [-0.39, 0.29) is 0 Å². The van der Waals surface area contributed by atoms with Gasteiger partial charge in [0.25, 0.3) is 0 Å². The molecule has 16 heavy (non-hydrogen) atoms. The lowest BCUT2D eigenvalue weighted by molar-refractivity contribution is 0.266. The highest BCUT2D eigenvalue weighted by atomic mass is 14.9. The predicted molar refractivity (Wildman–Crippen MR) is 70.6 cm³/mol. The zero-order chi connectivity index (χ0) is 11.2. The first kappa shape index (κ1) is 12.2. The number of allylic oxidation sites excluding steroid dienone is 1. The zero-order valence-electron chi connectivity index (χ0n) is 10.8. The van der Waals surface area contributed by atoms with Crippen LogP contribution in [0.3, 0.4) is 0 Å². The number of nitrogens with one attached hydrogen (secondary N) is 1. The van der Waals surface area contributed by atoms with Crippen molar-refractivity contribution in [3.63, 3.8) is 0 Å². The fourth-order valence-electron chi connectivity index (χ4n) is 2.92. The molecule has 0 saturated heterocycles. The van der Waals surface area contributed by atoms with Crippen molar-refractivity contribution in [2.45, 2.75) is 70.8 Å². The highest BCUT2D eigenvalue weighted by molar-refractivity contribution is 5.05. The van der Waals surface area contributed by atoms with Gasteiger partial charge < -0.3 is 5.32 Å². The summed E-state index contributed by atoms with van der Waals surface area (Å²) in [4.78, 5) is 0. The van der Waals surface area contributed by atoms with E-state index >= 15 is 0 Å². The van der Waals surface area contributed by atoms with Gasteiger partial charge in [0, 0.05) is 6.04 Å². The quantitative estimate of drug-likeness (QED) is 0.667. The first-order chi connectivity index (χ1) is 7.84. The van der Waals surface area contributed by atoms with Crippen LogP contribution in [-0.2, 0) is 0 Å². The lowest BCUT2D eigenvalue weighted by Crippen LogP contribution is -2.31. The van der Waals surface area contributed by atoms with Crippen molar-refractivity contribution in [3.05, 3.63) is 11.6 Å². The van der Waals surface area contributed by atoms with Gasteiger partial charge in [-0.3, -0.25) is 0 Å². The van der Waals surface area contributed by atoms with E-state index in [1.54, 1.807) is 5.57 Å². The van der Waals surface area contributed by atoms with Gasteiger partial charge in [0.15, 0.2) is 0 Å². The zero-order valence-corrected chi connectivity index (χ0v) is 10.8. The molecule has 0 radical (unpaired) electrons. The molecule has 1 fully saturated rings. The van der Waals surface area contributed by atoms with Crippen LogP contribution in [0.15, 0.2) is 11.6 Å². The second kappa shape index (κ2) is 6.44. The molecule has 1 saturated carbocycles. The molecule has 0 aromatic heterocycles. The summed E-state index contributed by atoms with van der Waals surface area (Å²) in [7, 11) is 0. The van der Waals surface area contributed by atoms with Crippen LogP contribution in [0, 0.1) is 5.92 Å². The van der Waals surface area contributed by atoms with Gasteiger partial charge >= 0.3 is 0 Å². The van der Waals surface area contributed by atoms with Crippen LogP contribution >= 0.6 is 0 Å². The minimum absolute atomic E-state index is 0.731. The summed E-state index contributed by atoms with van der Waals surface area (Å²) in [6, 6.07) is 0.731. The van der Waals surface area contributed by atoms with Gasteiger partial charge in [-0.15, -0.1) is 0 Å². The Hall–Kier alpha value is -0.300. The van der Waals surface area contributed by atoms with Crippen molar-refractivity contribution in [2.75, 3.05) is 6.54 Å². The third-order valence-corrected chi connectivity index (χ3v) is 4.24. The maximum Gasteiger partial charge on any atom is 0.00414 e. The summed E-state index contributed by atoms with van der Waals surface area (Å²) >= 11 is 0. The van der Waals surface area contributed by atoms with Crippen LogP contribution in [0.1, 0.15) is 64.7 Å². The third kappa shape index (κ3) is 3.93. The van der Waals surface area contributed by atoms with Gasteiger partial charge in [-0.2, -0.15) is 0 Å². The van der Waals surface area contributed by atoms with Gasteiger partial charge in [-0.1, -0.05) is 30.9 Å². The first-order valence-electron chi connectivity index (χ1n) is 7.26. The van der Waals surface area contributed by atoms with Crippen LogP contribution in [-0.4, -0.2) is 12.6 Å². The molecule has 1 heteroatoms. The average molecular weight is 221 g/mol. The van der Waals surface area contributed by atoms with Gasteiger partial charge in [-0.25, -0.2) is 0 Å². The molecule has 2 aliphatic carbocycles. The summed E-state index contributed by atoms with van der Waals surface area (Å²) in [5.41, 5.74) is 1.70. The topological polar surface area (TPSA) is 12.0 Å². The molecule has 0 spiro atoms. The van der Waals surface area contributed by atoms with Crippen LogP contribution < -0.4 is 5.32 Å². The summed E-state index contributed by atoms with van der Waals surface area (Å²) in [6.07, 6.45) is 15.1. The Kier molecular flexibility index (Phi) is 4.90. The van der Waals surface area contributed by atoms with E-state index in [2.05, 4.69) is 18.3 Å². The minimum atomic E-state index is 0.731. The van der Waals surface area contributed by atoms with E-state index in [1.807, 2.05) is 0 Å². The number of rotatable bonds is 6. The lowest BCUT2D eigenvalue weighted by atomic mass is 9.81. The molecule has 2 rings (SSSR count). The normalized spacial score (nSPS) is 23.7. The molecule has 92 valence electrons. The largest absolute Gasteiger partial charge is 0.314 e. The number of hydrogen-bond acceptors (Lipinski definition) is 1. The molecular formula is C15H27N. The van der Waals surface area contributed by atoms with E-state index in [0.29, 0.717) is 0 Å². The average Bonchev–Trinajstić information content (AvgIpc) is 2.25. The molecule has 0 aromatic rings. The predicted octanol–water partition coefficient (Wildman–Crippen LogP) is 4.05. The molecule has 0 aromatic carbocycles. The summed E-state index contributed by atoms with van der Waals surface area (Å²) in [5.74, 6) is 1.04. The Morgan fingerprint density at radius 2 is 2.19 bits per heavy atom. The van der Waals surface area contributed by atoms with Crippen LogP contribution in [0.5, 0.6) is 0 Å². The molecule has 1 nitrogen and oxygen atoms in total. The van der Waals surface area contributed by atoms with E-state index in [4.69, 9.17) is 0 Å². The highest BCUT2D eigenvalue weighted by Gasteiger charge is 2.19. The van der Waals surface area contributed by atoms with Crippen molar-refractivity contribution < 1.29 is 0 Å². The van der Waals surface area contributed by atoms with Crippen LogP contribution in [0.4, 0.5) is 0 Å². The summed E-state index contributed by atoms with van der Waals surface area (Å²) in [5, 5.41) is 3.69. The Balaban J connectivity index is 1.54. The Morgan fingerprint density at radius 1 is 1.31 bits per heavy atom. The smallest absolute Gasteiger partial charge is 0.00414 e. The van der Waals surface area contributed by atoms with Crippen molar-refractivity contribution in [1.29, 1.82) is 0 Å². The second-order valence-corrected chi connectivity index (χ2v) is 5.75. The monoisotopic (exact) mass is 221 g/mol. The molecule has 1 atom stereocenters. The number of hydrogen-bond donors (Lipinski definition) is 1. The van der Waals surface area contributed by atoms with Gasteiger partial charge in [0.2, 0.25) is 0 Å². The molecular weight excluding hydrogens is 194 g/mol. The maximum atomic E-state index is 3.69. The second-order valence-electron chi connectivity index (χ2n) is 5.75. The van der Waals surface area contributed by atoms with Crippen molar-refractivity contribution in [1.82, 2.24) is 5.32 Å². The summed E-state index contributed by atoms with van der Waals surface area (Å²) in [6.45, 7) is 3.55. The SMILES string of the molecule is CC(CC1CCC1)NCCC1=CCCCC1. The maximum absolute atomic E-state index is 3.69. The Morgan fingerprint density at radius 3 is 2.81 bits per heavy atom. The fourth-order valence-corrected chi connectivity index (χ4v) is 2.92. The lowest BCUT2D eigenvalue weighted by Gasteiger charge is -2.28. The standard InChI is InChI=1S/C15H27N/c1-13(12-15-8-5-9-15)16-11-10-14-6-3-2-4-7-14/h6,13,15-16H,2-5,7-12H2,1H3. The molecule has 0 amide bonds. The minimum Gasteiger partial charge on any atom is -0.314 e. The van der Waals surface area contributed by atoms with E-state index < -0.39 is 0 Å². The van der Waals surface area contributed by atoms with E-state index in [1.165, 1.54) is 64.3 Å². The van der Waals surface area contributed by atoms with Gasteiger partial charge in [0.1, 0.15) is 0 Å². The van der Waals surface area contributed by atoms with Crippen LogP contribution in [0.25, 0.3) is 0 Å². The van der Waals surface area contributed by atoms with Gasteiger partial charge in [-0.05, 0) is 57.9 Å². The Bertz CT molecular complexity index is 228. The fraction of sp³-hybridized carbons (Fsp3) is 0.867. The molecule has 0 bridgehead atoms. The molecule has 0 aliphatic heterocycles. The van der Waals surface area contributed by atoms with Gasteiger partial charge in [0.05, 0.1) is 0 Å². The van der Waals surface area contributed by atoms with E-state index in [9.17, 15) is 0 Å². The molecule has 2 aliphatic rings. The van der Waals surface area contributed by atoms with E-state index in [0.717, 1.165) is 12.0 Å². The molecule has 1 unspecified atom stereocenters. The third-order valence-electron chi connectivity index (χ3n) is 4.24. The summed E-state index contributed by atoms with van der Waals surface area (Å²) < 4.78 is 0. The van der Waals surface area contributed by atoms with Crippen molar-refractivity contribution in [2.24, 2.45) is 5.92 Å². The van der Waals surface area contributed by atoms with Crippen LogP contribution in [0.2, 0.25) is 0 Å². The highest BCUT2D eigenvalue weighted by Crippen LogP contribution is 2.30. The van der Waals surface area contributed by atoms with Crippen molar-refractivity contribution in [3.8, 4) is 0 Å². The first-order valence-corrected chi connectivity index (χ1v) is 7.26. The Labute approximate surface area is 101 Å².